The lowest BCUT2D eigenvalue weighted by Gasteiger charge is -2.35. The monoisotopic (exact) mass is 543 g/mol. The van der Waals surface area contributed by atoms with Gasteiger partial charge in [-0.25, -0.2) is 9.98 Å². The zero-order valence-corrected chi connectivity index (χ0v) is 21.3. The van der Waals surface area contributed by atoms with E-state index < -0.39 is 0 Å². The molecule has 1 aliphatic rings. The molecular formula is C22H34IN5OS. The van der Waals surface area contributed by atoms with E-state index in [4.69, 9.17) is 9.73 Å². The predicted molar refractivity (Wildman–Crippen MR) is 136 cm³/mol. The quantitative estimate of drug-likeness (QED) is 0.295. The van der Waals surface area contributed by atoms with Crippen LogP contribution in [0.3, 0.4) is 0 Å². The van der Waals surface area contributed by atoms with Crippen LogP contribution < -0.4 is 15.4 Å². The summed E-state index contributed by atoms with van der Waals surface area (Å²) in [5.41, 5.74) is 1.23. The third-order valence-electron chi connectivity index (χ3n) is 5.18. The van der Waals surface area contributed by atoms with Crippen LogP contribution in [0.2, 0.25) is 0 Å². The molecule has 8 heteroatoms. The fourth-order valence-electron chi connectivity index (χ4n) is 3.76. The van der Waals surface area contributed by atoms with Crippen LogP contribution >= 0.6 is 35.3 Å². The van der Waals surface area contributed by atoms with Gasteiger partial charge in [-0.05, 0) is 45.8 Å². The number of thiazole rings is 1. The van der Waals surface area contributed by atoms with Gasteiger partial charge in [0.25, 0.3) is 0 Å². The Labute approximate surface area is 201 Å². The first-order chi connectivity index (χ1) is 14.2. The fourth-order valence-corrected chi connectivity index (χ4v) is 4.48. The minimum atomic E-state index is 0. The van der Waals surface area contributed by atoms with Crippen molar-refractivity contribution in [2.24, 2.45) is 4.99 Å². The number of likely N-dealkylation sites (tertiary alicyclic amines) is 1. The Balaban J connectivity index is 0.00000320. The predicted octanol–water partition coefficient (Wildman–Crippen LogP) is 4.36. The molecule has 1 aliphatic heterocycles. The zero-order valence-electron chi connectivity index (χ0n) is 18.2. The van der Waals surface area contributed by atoms with E-state index in [1.807, 2.05) is 12.3 Å². The molecule has 1 aromatic carbocycles. The summed E-state index contributed by atoms with van der Waals surface area (Å²) in [6, 6.07) is 8.61. The second-order valence-corrected chi connectivity index (χ2v) is 8.61. The Morgan fingerprint density at radius 2 is 2.00 bits per heavy atom. The number of piperidine rings is 1. The zero-order chi connectivity index (χ0) is 20.5. The van der Waals surface area contributed by atoms with E-state index in [2.05, 4.69) is 52.6 Å². The third-order valence-corrected chi connectivity index (χ3v) is 6.08. The molecule has 2 heterocycles. The average molecular weight is 544 g/mol. The standard InChI is InChI=1S/C22H33N5OS.HI/c1-4-23-22(26-16-21-24-14-17(2)29-21)25-15-19(27-12-8-5-9-13-27)18-10-6-7-11-20(18)28-3;/h6-7,10-11,14,19H,4-5,8-9,12-13,15-16H2,1-3H3,(H2,23,25,26);1H. The summed E-state index contributed by atoms with van der Waals surface area (Å²) in [4.78, 5) is 12.9. The average Bonchev–Trinajstić information content (AvgIpc) is 3.18. The molecule has 0 spiro atoms. The lowest BCUT2D eigenvalue weighted by Crippen LogP contribution is -2.44. The highest BCUT2D eigenvalue weighted by Crippen LogP contribution is 2.30. The van der Waals surface area contributed by atoms with Crippen LogP contribution in [0.25, 0.3) is 0 Å². The van der Waals surface area contributed by atoms with Crippen molar-refractivity contribution in [1.82, 2.24) is 20.5 Å². The van der Waals surface area contributed by atoms with E-state index in [0.29, 0.717) is 6.54 Å². The molecule has 1 unspecified atom stereocenters. The van der Waals surface area contributed by atoms with Crippen molar-refractivity contribution < 1.29 is 4.74 Å². The maximum absolute atomic E-state index is 5.67. The second kappa shape index (κ2) is 13.1. The summed E-state index contributed by atoms with van der Waals surface area (Å²) in [7, 11) is 1.75. The number of ether oxygens (including phenoxy) is 1. The molecule has 1 atom stereocenters. The minimum Gasteiger partial charge on any atom is -0.496 e. The molecule has 0 saturated carbocycles. The first-order valence-corrected chi connectivity index (χ1v) is 11.3. The van der Waals surface area contributed by atoms with E-state index in [1.165, 1.54) is 29.7 Å². The molecule has 166 valence electrons. The maximum Gasteiger partial charge on any atom is 0.191 e. The molecule has 0 amide bonds. The molecule has 3 rings (SSSR count). The number of benzene rings is 1. The van der Waals surface area contributed by atoms with Crippen molar-refractivity contribution in [2.75, 3.05) is 33.3 Å². The lowest BCUT2D eigenvalue weighted by molar-refractivity contribution is 0.161. The van der Waals surface area contributed by atoms with E-state index in [-0.39, 0.29) is 30.0 Å². The number of aliphatic imine (C=N–C) groups is 1. The van der Waals surface area contributed by atoms with E-state index >= 15 is 0 Å². The molecule has 1 saturated heterocycles. The molecular weight excluding hydrogens is 509 g/mol. The van der Waals surface area contributed by atoms with Crippen LogP contribution in [0.1, 0.15) is 47.7 Å². The molecule has 6 nitrogen and oxygen atoms in total. The van der Waals surface area contributed by atoms with Crippen molar-refractivity contribution in [3.63, 3.8) is 0 Å². The highest BCUT2D eigenvalue weighted by atomic mass is 127. The van der Waals surface area contributed by atoms with E-state index in [9.17, 15) is 0 Å². The second-order valence-electron chi connectivity index (χ2n) is 7.30. The van der Waals surface area contributed by atoms with Gasteiger partial charge in [-0.15, -0.1) is 35.3 Å². The Morgan fingerprint density at radius 1 is 1.23 bits per heavy atom. The van der Waals surface area contributed by atoms with Crippen LogP contribution in [0.5, 0.6) is 5.75 Å². The van der Waals surface area contributed by atoms with Crippen LogP contribution in [-0.4, -0.2) is 49.1 Å². The van der Waals surface area contributed by atoms with Crippen LogP contribution in [0.15, 0.2) is 35.5 Å². The van der Waals surface area contributed by atoms with Gasteiger partial charge in [-0.3, -0.25) is 4.90 Å². The summed E-state index contributed by atoms with van der Waals surface area (Å²) >= 11 is 1.70. The van der Waals surface area contributed by atoms with Crippen LogP contribution in [0.4, 0.5) is 0 Å². The van der Waals surface area contributed by atoms with Crippen molar-refractivity contribution in [1.29, 1.82) is 0 Å². The van der Waals surface area contributed by atoms with E-state index in [0.717, 1.165) is 42.9 Å². The number of nitrogens with zero attached hydrogens (tertiary/aromatic N) is 3. The Morgan fingerprint density at radius 3 is 2.67 bits per heavy atom. The number of aromatic nitrogens is 1. The molecule has 0 bridgehead atoms. The summed E-state index contributed by atoms with van der Waals surface area (Å²) in [6.45, 7) is 8.61. The van der Waals surface area contributed by atoms with Gasteiger partial charge in [0.1, 0.15) is 10.8 Å². The molecule has 30 heavy (non-hydrogen) atoms. The number of guanidine groups is 1. The lowest BCUT2D eigenvalue weighted by atomic mass is 10.0. The highest BCUT2D eigenvalue weighted by Gasteiger charge is 2.25. The molecule has 2 aromatic rings. The van der Waals surface area contributed by atoms with Gasteiger partial charge in [-0.2, -0.15) is 0 Å². The Hall–Kier alpha value is -1.39. The Bertz CT molecular complexity index is 791. The SMILES string of the molecule is CCNC(=NCc1ncc(C)s1)NCC(c1ccccc1OC)N1CCCCC1.I. The minimum absolute atomic E-state index is 0. The number of aryl methyl sites for hydroxylation is 1. The topological polar surface area (TPSA) is 61.8 Å². The van der Waals surface area contributed by atoms with E-state index in [1.54, 1.807) is 18.4 Å². The summed E-state index contributed by atoms with van der Waals surface area (Å²) < 4.78 is 5.67. The van der Waals surface area contributed by atoms with Crippen LogP contribution in [-0.2, 0) is 6.54 Å². The summed E-state index contributed by atoms with van der Waals surface area (Å²) in [6.07, 6.45) is 5.73. The van der Waals surface area contributed by atoms with Crippen molar-refractivity contribution >= 4 is 41.3 Å². The van der Waals surface area contributed by atoms with Crippen molar-refractivity contribution in [3.05, 3.63) is 45.9 Å². The number of methoxy groups -OCH3 is 1. The molecule has 0 radical (unpaired) electrons. The van der Waals surface area contributed by atoms with Gasteiger partial charge in [0.05, 0.1) is 19.7 Å². The largest absolute Gasteiger partial charge is 0.496 e. The number of halogens is 1. The van der Waals surface area contributed by atoms with Gasteiger partial charge < -0.3 is 15.4 Å². The number of hydrogen-bond donors (Lipinski definition) is 2. The smallest absolute Gasteiger partial charge is 0.191 e. The third kappa shape index (κ3) is 7.09. The Kier molecular flexibility index (Phi) is 10.9. The summed E-state index contributed by atoms with van der Waals surface area (Å²) in [5.74, 6) is 1.78. The maximum atomic E-state index is 5.67. The highest BCUT2D eigenvalue weighted by molar-refractivity contribution is 14.0. The van der Waals surface area contributed by atoms with Crippen molar-refractivity contribution in [2.45, 2.75) is 45.7 Å². The van der Waals surface area contributed by atoms with Crippen molar-refractivity contribution in [3.8, 4) is 5.75 Å². The van der Waals surface area contributed by atoms with Gasteiger partial charge in [0.15, 0.2) is 5.96 Å². The number of hydrogen-bond acceptors (Lipinski definition) is 5. The summed E-state index contributed by atoms with van der Waals surface area (Å²) in [5, 5.41) is 7.97. The van der Waals surface area contributed by atoms with Gasteiger partial charge in [0.2, 0.25) is 0 Å². The molecule has 1 fully saturated rings. The first-order valence-electron chi connectivity index (χ1n) is 10.5. The van der Waals surface area contributed by atoms with Gasteiger partial charge in [-0.1, -0.05) is 24.6 Å². The molecule has 0 aliphatic carbocycles. The van der Waals surface area contributed by atoms with Gasteiger partial charge in [0, 0.05) is 29.7 Å². The fraction of sp³-hybridized carbons (Fsp3) is 0.545. The normalized spacial score (nSPS) is 15.9. The molecule has 1 aromatic heterocycles. The number of nitrogens with one attached hydrogen (secondary N) is 2. The number of rotatable bonds is 8. The molecule has 2 N–H and O–H groups in total. The first kappa shape index (κ1) is 24.9. The van der Waals surface area contributed by atoms with Crippen LogP contribution in [0, 0.1) is 6.92 Å². The number of para-hydroxylation sites is 1. The van der Waals surface area contributed by atoms with Gasteiger partial charge >= 0.3 is 0 Å².